The molecule has 1 aliphatic heterocycles. The molecular formula is C19H20FN3O2S. The lowest BCUT2D eigenvalue weighted by Crippen LogP contribution is -2.27. The van der Waals surface area contributed by atoms with Gasteiger partial charge in [0.05, 0.1) is 10.4 Å². The van der Waals surface area contributed by atoms with Gasteiger partial charge in [-0.3, -0.25) is 0 Å². The molecule has 2 heterocycles. The van der Waals surface area contributed by atoms with Crippen LogP contribution in [-0.2, 0) is 9.84 Å². The van der Waals surface area contributed by atoms with Gasteiger partial charge in [0.1, 0.15) is 11.3 Å². The molecule has 5 nitrogen and oxygen atoms in total. The van der Waals surface area contributed by atoms with Crippen LogP contribution in [-0.4, -0.2) is 37.7 Å². The summed E-state index contributed by atoms with van der Waals surface area (Å²) in [6.07, 6.45) is 3.02. The molecule has 1 aromatic heterocycles. The number of fused-ring (bicyclic) bond motifs is 1. The number of aromatic nitrogens is 2. The van der Waals surface area contributed by atoms with Crippen LogP contribution in [0.15, 0.2) is 41.3 Å². The third-order valence-corrected chi connectivity index (χ3v) is 6.09. The molecule has 1 aliphatic rings. The first-order chi connectivity index (χ1) is 12.4. The molecule has 0 radical (unpaired) electrons. The van der Waals surface area contributed by atoms with E-state index >= 15 is 4.39 Å². The van der Waals surface area contributed by atoms with Crippen LogP contribution >= 0.6 is 0 Å². The molecule has 0 bridgehead atoms. The number of hydrogen-bond donors (Lipinski definition) is 2. The van der Waals surface area contributed by atoms with Gasteiger partial charge < -0.3 is 10.3 Å². The Kier molecular flexibility index (Phi) is 4.28. The SMILES string of the molecule is CS(=O)(=O)c1ccc(-c2nc3ccc(C4CCNCC4)c(F)c3[nH]2)cc1. The highest BCUT2D eigenvalue weighted by molar-refractivity contribution is 7.90. The van der Waals surface area contributed by atoms with E-state index in [-0.39, 0.29) is 16.6 Å². The molecule has 3 aromatic rings. The predicted molar refractivity (Wildman–Crippen MR) is 99.4 cm³/mol. The fourth-order valence-electron chi connectivity index (χ4n) is 3.51. The number of sulfone groups is 1. The molecule has 0 spiro atoms. The maximum atomic E-state index is 15.0. The van der Waals surface area contributed by atoms with Crippen molar-refractivity contribution in [3.8, 4) is 11.4 Å². The summed E-state index contributed by atoms with van der Waals surface area (Å²) in [4.78, 5) is 7.78. The third kappa shape index (κ3) is 3.12. The van der Waals surface area contributed by atoms with Crippen molar-refractivity contribution >= 4 is 20.9 Å². The zero-order valence-corrected chi connectivity index (χ0v) is 15.2. The second kappa shape index (κ2) is 6.48. The largest absolute Gasteiger partial charge is 0.336 e. The van der Waals surface area contributed by atoms with Crippen molar-refractivity contribution in [1.29, 1.82) is 0 Å². The molecule has 0 saturated carbocycles. The molecule has 2 aromatic carbocycles. The summed E-state index contributed by atoms with van der Waals surface area (Å²) in [6, 6.07) is 10.1. The molecule has 1 saturated heterocycles. The van der Waals surface area contributed by atoms with Crippen molar-refractivity contribution in [1.82, 2.24) is 15.3 Å². The average Bonchev–Trinajstić information content (AvgIpc) is 3.07. The van der Waals surface area contributed by atoms with Crippen LogP contribution in [0.3, 0.4) is 0 Å². The standard InChI is InChI=1S/C19H20FN3O2S/c1-26(24,25)14-4-2-13(3-5-14)19-22-16-7-6-15(17(20)18(16)23-19)12-8-10-21-11-9-12/h2-7,12,21H,8-11H2,1H3,(H,22,23). The van der Waals surface area contributed by atoms with Crippen molar-refractivity contribution in [2.45, 2.75) is 23.7 Å². The third-order valence-electron chi connectivity index (χ3n) is 4.96. The first-order valence-corrected chi connectivity index (χ1v) is 10.5. The van der Waals surface area contributed by atoms with Gasteiger partial charge in [-0.25, -0.2) is 17.8 Å². The lowest BCUT2D eigenvalue weighted by Gasteiger charge is -2.23. The van der Waals surface area contributed by atoms with E-state index in [4.69, 9.17) is 0 Å². The number of hydrogen-bond acceptors (Lipinski definition) is 4. The quantitative estimate of drug-likeness (QED) is 0.739. The minimum atomic E-state index is -3.25. The van der Waals surface area contributed by atoms with Gasteiger partial charge in [0, 0.05) is 11.8 Å². The molecule has 7 heteroatoms. The summed E-state index contributed by atoms with van der Waals surface area (Å²) in [6.45, 7) is 1.81. The molecule has 0 aliphatic carbocycles. The highest BCUT2D eigenvalue weighted by Crippen LogP contribution is 2.32. The van der Waals surface area contributed by atoms with Crippen LogP contribution in [0.5, 0.6) is 0 Å². The van der Waals surface area contributed by atoms with Gasteiger partial charge in [0.2, 0.25) is 0 Å². The molecular weight excluding hydrogens is 353 g/mol. The van der Waals surface area contributed by atoms with Gasteiger partial charge in [0.15, 0.2) is 15.7 Å². The number of benzene rings is 2. The van der Waals surface area contributed by atoms with Gasteiger partial charge in [-0.15, -0.1) is 0 Å². The van der Waals surface area contributed by atoms with Gasteiger partial charge in [-0.2, -0.15) is 0 Å². The van der Waals surface area contributed by atoms with Crippen molar-refractivity contribution in [2.24, 2.45) is 0 Å². The second-order valence-electron chi connectivity index (χ2n) is 6.77. The monoisotopic (exact) mass is 373 g/mol. The number of piperidine rings is 1. The smallest absolute Gasteiger partial charge is 0.175 e. The predicted octanol–water partition coefficient (Wildman–Crippen LogP) is 3.24. The Balaban J connectivity index is 1.72. The number of aromatic amines is 1. The minimum absolute atomic E-state index is 0.224. The van der Waals surface area contributed by atoms with E-state index in [9.17, 15) is 8.42 Å². The van der Waals surface area contributed by atoms with Crippen molar-refractivity contribution < 1.29 is 12.8 Å². The Bertz CT molecular complexity index is 1050. The number of halogens is 1. The van der Waals surface area contributed by atoms with Gasteiger partial charge in [0.25, 0.3) is 0 Å². The van der Waals surface area contributed by atoms with Crippen molar-refractivity contribution in [3.63, 3.8) is 0 Å². The van der Waals surface area contributed by atoms with Crippen LogP contribution < -0.4 is 5.32 Å². The maximum Gasteiger partial charge on any atom is 0.175 e. The van der Waals surface area contributed by atoms with E-state index < -0.39 is 9.84 Å². The first-order valence-electron chi connectivity index (χ1n) is 8.63. The van der Waals surface area contributed by atoms with E-state index in [2.05, 4.69) is 15.3 Å². The Morgan fingerprint density at radius 1 is 1.08 bits per heavy atom. The Hall–Kier alpha value is -2.25. The van der Waals surface area contributed by atoms with E-state index in [0.717, 1.165) is 37.1 Å². The summed E-state index contributed by atoms with van der Waals surface area (Å²) < 4.78 is 38.2. The van der Waals surface area contributed by atoms with E-state index in [1.165, 1.54) is 18.4 Å². The summed E-state index contributed by atoms with van der Waals surface area (Å²) in [5.41, 5.74) is 2.43. The van der Waals surface area contributed by atoms with Crippen molar-refractivity contribution in [2.75, 3.05) is 19.3 Å². The zero-order valence-electron chi connectivity index (χ0n) is 14.4. The summed E-state index contributed by atoms with van der Waals surface area (Å²) in [7, 11) is -3.25. The van der Waals surface area contributed by atoms with Crippen LogP contribution in [0.4, 0.5) is 4.39 Å². The average molecular weight is 373 g/mol. The highest BCUT2D eigenvalue weighted by Gasteiger charge is 2.21. The number of nitrogens with one attached hydrogen (secondary N) is 2. The Labute approximate surface area is 151 Å². The lowest BCUT2D eigenvalue weighted by molar-refractivity contribution is 0.446. The summed E-state index contributed by atoms with van der Waals surface area (Å²) in [5, 5.41) is 3.30. The fraction of sp³-hybridized carbons (Fsp3) is 0.316. The summed E-state index contributed by atoms with van der Waals surface area (Å²) in [5.74, 6) is 0.517. The molecule has 2 N–H and O–H groups in total. The molecule has 1 fully saturated rings. The number of nitrogens with zero attached hydrogens (tertiary/aromatic N) is 1. The minimum Gasteiger partial charge on any atom is -0.336 e. The van der Waals surface area contributed by atoms with E-state index in [1.807, 2.05) is 12.1 Å². The maximum absolute atomic E-state index is 15.0. The second-order valence-corrected chi connectivity index (χ2v) is 8.78. The van der Waals surface area contributed by atoms with Gasteiger partial charge in [-0.1, -0.05) is 6.07 Å². The lowest BCUT2D eigenvalue weighted by atomic mass is 9.89. The molecule has 0 atom stereocenters. The topological polar surface area (TPSA) is 74.8 Å². The fourth-order valence-corrected chi connectivity index (χ4v) is 4.14. The number of imidazole rings is 1. The number of H-pyrrole nitrogens is 1. The van der Waals surface area contributed by atoms with E-state index in [0.29, 0.717) is 16.9 Å². The molecule has 0 amide bonds. The van der Waals surface area contributed by atoms with Crippen LogP contribution in [0.25, 0.3) is 22.4 Å². The highest BCUT2D eigenvalue weighted by atomic mass is 32.2. The van der Waals surface area contributed by atoms with Gasteiger partial charge >= 0.3 is 0 Å². The Morgan fingerprint density at radius 2 is 1.77 bits per heavy atom. The summed E-state index contributed by atoms with van der Waals surface area (Å²) >= 11 is 0. The molecule has 4 rings (SSSR count). The van der Waals surface area contributed by atoms with Crippen LogP contribution in [0.1, 0.15) is 24.3 Å². The van der Waals surface area contributed by atoms with Crippen LogP contribution in [0.2, 0.25) is 0 Å². The molecule has 26 heavy (non-hydrogen) atoms. The first kappa shape index (κ1) is 17.2. The Morgan fingerprint density at radius 3 is 2.42 bits per heavy atom. The zero-order chi connectivity index (χ0) is 18.3. The normalized spacial score (nSPS) is 16.2. The van der Waals surface area contributed by atoms with Crippen molar-refractivity contribution in [3.05, 3.63) is 47.8 Å². The number of rotatable bonds is 3. The molecule has 136 valence electrons. The van der Waals surface area contributed by atoms with Crippen LogP contribution in [0, 0.1) is 5.82 Å². The molecule has 0 unspecified atom stereocenters. The van der Waals surface area contributed by atoms with Gasteiger partial charge in [-0.05, 0) is 67.7 Å². The van der Waals surface area contributed by atoms with E-state index in [1.54, 1.807) is 12.1 Å².